The molecule has 0 aliphatic heterocycles. The first-order valence-corrected chi connectivity index (χ1v) is 7.27. The van der Waals surface area contributed by atoms with Gasteiger partial charge in [0.1, 0.15) is 0 Å². The lowest BCUT2D eigenvalue weighted by molar-refractivity contribution is 0.0935. The lowest BCUT2D eigenvalue weighted by Crippen LogP contribution is -2.34. The van der Waals surface area contributed by atoms with Gasteiger partial charge in [-0.2, -0.15) is 0 Å². The zero-order valence-corrected chi connectivity index (χ0v) is 12.9. The second kappa shape index (κ2) is 6.66. The van der Waals surface area contributed by atoms with Crippen LogP contribution in [0, 0.1) is 5.92 Å². The maximum atomic E-state index is 12.4. The quantitative estimate of drug-likeness (QED) is 0.785. The van der Waals surface area contributed by atoms with Crippen molar-refractivity contribution in [3.05, 3.63) is 35.9 Å². The van der Waals surface area contributed by atoms with Crippen LogP contribution in [0.25, 0.3) is 0 Å². The minimum absolute atomic E-state index is 0.0688. The van der Waals surface area contributed by atoms with Crippen LogP contribution in [-0.4, -0.2) is 26.2 Å². The fraction of sp³-hybridized carbons (Fsp3) is 0.471. The highest BCUT2D eigenvalue weighted by Crippen LogP contribution is 2.34. The van der Waals surface area contributed by atoms with E-state index in [1.807, 2.05) is 6.07 Å². The number of carbonyl (C=O) groups is 1. The molecule has 1 atom stereocenters. The van der Waals surface area contributed by atoms with Crippen LogP contribution in [0.15, 0.2) is 24.8 Å². The van der Waals surface area contributed by atoms with Gasteiger partial charge in [0.2, 0.25) is 0 Å². The van der Waals surface area contributed by atoms with Crippen LogP contribution in [0.2, 0.25) is 0 Å². The predicted octanol–water partition coefficient (Wildman–Crippen LogP) is 2.96. The molecule has 0 aromatic heterocycles. The Bertz CT molecular complexity index is 535. The number of amides is 1. The van der Waals surface area contributed by atoms with E-state index in [2.05, 4.69) is 18.8 Å². The zero-order valence-electron chi connectivity index (χ0n) is 12.9. The maximum Gasteiger partial charge on any atom is 0.251 e. The molecule has 1 fully saturated rings. The van der Waals surface area contributed by atoms with E-state index < -0.39 is 0 Å². The Labute approximate surface area is 126 Å². The highest BCUT2D eigenvalue weighted by atomic mass is 16.5. The van der Waals surface area contributed by atoms with Gasteiger partial charge < -0.3 is 14.8 Å². The summed E-state index contributed by atoms with van der Waals surface area (Å²) in [6, 6.07) is 3.78. The predicted molar refractivity (Wildman–Crippen MR) is 83.1 cm³/mol. The van der Waals surface area contributed by atoms with Gasteiger partial charge in [0.25, 0.3) is 5.91 Å². The molecule has 1 unspecified atom stereocenters. The minimum atomic E-state index is -0.0688. The van der Waals surface area contributed by atoms with Crippen molar-refractivity contribution in [2.75, 3.05) is 14.2 Å². The Morgan fingerprint density at radius 1 is 1.43 bits per heavy atom. The van der Waals surface area contributed by atoms with Gasteiger partial charge in [0.05, 0.1) is 14.2 Å². The van der Waals surface area contributed by atoms with E-state index in [1.165, 1.54) is 12.8 Å². The molecular weight excluding hydrogens is 266 g/mol. The summed E-state index contributed by atoms with van der Waals surface area (Å²) in [6.07, 6.45) is 4.81. The van der Waals surface area contributed by atoms with Crippen LogP contribution in [0.1, 0.15) is 35.7 Å². The summed E-state index contributed by atoms with van der Waals surface area (Å²) < 4.78 is 10.7. The molecule has 1 amide bonds. The Kier molecular flexibility index (Phi) is 4.89. The highest BCUT2D eigenvalue weighted by molar-refractivity contribution is 5.95. The molecule has 114 valence electrons. The van der Waals surface area contributed by atoms with Crippen LogP contribution in [0.5, 0.6) is 11.5 Å². The van der Waals surface area contributed by atoms with E-state index in [-0.39, 0.29) is 11.9 Å². The fourth-order valence-electron chi connectivity index (χ4n) is 2.49. The summed E-state index contributed by atoms with van der Waals surface area (Å²) in [5, 5.41) is 3.06. The molecule has 4 nitrogen and oxygen atoms in total. The van der Waals surface area contributed by atoms with Crippen LogP contribution >= 0.6 is 0 Å². The van der Waals surface area contributed by atoms with Gasteiger partial charge in [0.15, 0.2) is 11.5 Å². The largest absolute Gasteiger partial charge is 0.493 e. The first kappa shape index (κ1) is 15.4. The first-order chi connectivity index (χ1) is 10.1. The molecule has 1 aliphatic carbocycles. The van der Waals surface area contributed by atoms with Crippen molar-refractivity contribution in [3.63, 3.8) is 0 Å². The van der Waals surface area contributed by atoms with Gasteiger partial charge >= 0.3 is 0 Å². The molecule has 1 aromatic rings. The Morgan fingerprint density at radius 2 is 2.14 bits per heavy atom. The van der Waals surface area contributed by atoms with Crippen molar-refractivity contribution >= 4 is 5.91 Å². The van der Waals surface area contributed by atoms with Crippen molar-refractivity contribution in [2.24, 2.45) is 5.92 Å². The van der Waals surface area contributed by atoms with Crippen molar-refractivity contribution in [3.8, 4) is 11.5 Å². The molecule has 4 heteroatoms. The van der Waals surface area contributed by atoms with Gasteiger partial charge in [-0.05, 0) is 44.2 Å². The Balaban J connectivity index is 2.27. The molecular formula is C17H23NO3. The second-order valence-corrected chi connectivity index (χ2v) is 5.46. The molecule has 0 heterocycles. The molecule has 0 bridgehead atoms. The van der Waals surface area contributed by atoms with E-state index >= 15 is 0 Å². The Morgan fingerprint density at radius 3 is 2.67 bits per heavy atom. The maximum absolute atomic E-state index is 12.4. The van der Waals surface area contributed by atoms with Crippen LogP contribution in [0.3, 0.4) is 0 Å². The number of carbonyl (C=O) groups excluding carboxylic acids is 1. The van der Waals surface area contributed by atoms with Crippen LogP contribution in [-0.2, 0) is 6.42 Å². The number of ether oxygens (including phenoxy) is 2. The number of rotatable bonds is 7. The summed E-state index contributed by atoms with van der Waals surface area (Å²) >= 11 is 0. The SMILES string of the molecule is C=CCc1cc(C(=O)NC(C)C2CC2)cc(OC)c1OC. The highest BCUT2D eigenvalue weighted by Gasteiger charge is 2.29. The molecule has 1 saturated carbocycles. The summed E-state index contributed by atoms with van der Waals surface area (Å²) in [5.41, 5.74) is 1.49. The van der Waals surface area contributed by atoms with E-state index in [9.17, 15) is 4.79 Å². The van der Waals surface area contributed by atoms with Gasteiger partial charge in [-0.1, -0.05) is 6.08 Å². The standard InChI is InChI=1S/C17H23NO3/c1-5-6-13-9-14(10-15(20-3)16(13)21-4)17(19)18-11(2)12-7-8-12/h5,9-12H,1,6-8H2,2-4H3,(H,18,19). The molecule has 0 spiro atoms. The average molecular weight is 289 g/mol. The van der Waals surface area contributed by atoms with E-state index in [4.69, 9.17) is 9.47 Å². The third-order valence-electron chi connectivity index (χ3n) is 3.87. The first-order valence-electron chi connectivity index (χ1n) is 7.27. The van der Waals surface area contributed by atoms with Crippen molar-refractivity contribution in [2.45, 2.75) is 32.2 Å². The molecule has 1 aromatic carbocycles. The molecule has 21 heavy (non-hydrogen) atoms. The normalized spacial score (nSPS) is 15.2. The fourth-order valence-corrected chi connectivity index (χ4v) is 2.49. The molecule has 1 aliphatic rings. The molecule has 1 N–H and O–H groups in total. The minimum Gasteiger partial charge on any atom is -0.493 e. The Hall–Kier alpha value is -1.97. The zero-order chi connectivity index (χ0) is 15.4. The van der Waals surface area contributed by atoms with E-state index in [0.29, 0.717) is 29.4 Å². The third kappa shape index (κ3) is 3.57. The van der Waals surface area contributed by atoms with Crippen molar-refractivity contribution in [1.82, 2.24) is 5.32 Å². The topological polar surface area (TPSA) is 47.6 Å². The second-order valence-electron chi connectivity index (χ2n) is 5.46. The average Bonchev–Trinajstić information content (AvgIpc) is 3.31. The molecule has 0 radical (unpaired) electrons. The number of hydrogen-bond acceptors (Lipinski definition) is 3. The number of methoxy groups -OCH3 is 2. The third-order valence-corrected chi connectivity index (χ3v) is 3.87. The molecule has 2 rings (SSSR count). The monoisotopic (exact) mass is 289 g/mol. The molecule has 0 saturated heterocycles. The van der Waals surface area contributed by atoms with Gasteiger partial charge in [0, 0.05) is 17.2 Å². The van der Waals surface area contributed by atoms with Gasteiger partial charge in [-0.3, -0.25) is 4.79 Å². The number of hydrogen-bond donors (Lipinski definition) is 1. The summed E-state index contributed by atoms with van der Waals surface area (Å²) in [6.45, 7) is 5.80. The van der Waals surface area contributed by atoms with Crippen molar-refractivity contribution < 1.29 is 14.3 Å². The van der Waals surface area contributed by atoms with Gasteiger partial charge in [-0.15, -0.1) is 6.58 Å². The smallest absolute Gasteiger partial charge is 0.251 e. The summed E-state index contributed by atoms with van der Waals surface area (Å²) in [7, 11) is 3.17. The van der Waals surface area contributed by atoms with E-state index in [1.54, 1.807) is 26.4 Å². The number of nitrogens with one attached hydrogen (secondary N) is 1. The summed E-state index contributed by atoms with van der Waals surface area (Å²) in [4.78, 5) is 12.4. The van der Waals surface area contributed by atoms with Crippen molar-refractivity contribution in [1.29, 1.82) is 0 Å². The van der Waals surface area contributed by atoms with Crippen LogP contribution in [0.4, 0.5) is 0 Å². The number of benzene rings is 1. The van der Waals surface area contributed by atoms with Crippen LogP contribution < -0.4 is 14.8 Å². The van der Waals surface area contributed by atoms with E-state index in [0.717, 1.165) is 5.56 Å². The van der Waals surface area contributed by atoms with Gasteiger partial charge in [-0.25, -0.2) is 0 Å². The number of allylic oxidation sites excluding steroid dienone is 1. The lowest BCUT2D eigenvalue weighted by Gasteiger charge is -2.16. The summed E-state index contributed by atoms with van der Waals surface area (Å²) in [5.74, 6) is 1.78. The lowest BCUT2D eigenvalue weighted by atomic mass is 10.0.